The van der Waals surface area contributed by atoms with Gasteiger partial charge in [0, 0.05) is 50.7 Å². The zero-order valence-corrected chi connectivity index (χ0v) is 22.9. The summed E-state index contributed by atoms with van der Waals surface area (Å²) in [5.74, 6) is 0.701. The number of amides is 2. The lowest BCUT2D eigenvalue weighted by Crippen LogP contribution is -2.50. The van der Waals surface area contributed by atoms with Gasteiger partial charge in [-0.15, -0.1) is 0 Å². The lowest BCUT2D eigenvalue weighted by atomic mass is 9.93. The Kier molecular flexibility index (Phi) is 8.76. The number of hydrogen-bond acceptors (Lipinski definition) is 6. The van der Waals surface area contributed by atoms with Gasteiger partial charge in [0.05, 0.1) is 5.71 Å². The van der Waals surface area contributed by atoms with Crippen LogP contribution in [0.5, 0.6) is 5.75 Å². The molecule has 1 aliphatic rings. The Morgan fingerprint density at radius 2 is 1.69 bits per heavy atom. The van der Waals surface area contributed by atoms with Gasteiger partial charge in [-0.25, -0.2) is 0 Å². The average molecular weight is 526 g/mol. The molecule has 2 amide bonds. The van der Waals surface area contributed by atoms with E-state index in [0.29, 0.717) is 53.8 Å². The van der Waals surface area contributed by atoms with Crippen LogP contribution in [0.1, 0.15) is 42.0 Å². The third kappa shape index (κ3) is 6.71. The first-order chi connectivity index (χ1) is 18.7. The van der Waals surface area contributed by atoms with Crippen LogP contribution in [0.15, 0.2) is 78.8 Å². The van der Waals surface area contributed by atoms with Crippen LogP contribution in [0.25, 0.3) is 5.57 Å². The smallest absolute Gasteiger partial charge is 0.271 e. The summed E-state index contributed by atoms with van der Waals surface area (Å²) in [6, 6.07) is 19.3. The van der Waals surface area contributed by atoms with Crippen molar-refractivity contribution in [2.75, 3.05) is 33.7 Å². The van der Waals surface area contributed by atoms with E-state index in [-0.39, 0.29) is 24.1 Å². The predicted molar refractivity (Wildman–Crippen MR) is 153 cm³/mol. The van der Waals surface area contributed by atoms with Gasteiger partial charge in [-0.1, -0.05) is 50.2 Å². The van der Waals surface area contributed by atoms with Crippen molar-refractivity contribution >= 4 is 23.1 Å². The van der Waals surface area contributed by atoms with E-state index < -0.39 is 0 Å². The Balaban J connectivity index is 1.61. The number of allylic oxidation sites excluding steroid dienone is 1. The Hall–Kier alpha value is -4.46. The summed E-state index contributed by atoms with van der Waals surface area (Å²) in [7, 11) is 3.33. The van der Waals surface area contributed by atoms with Crippen LogP contribution in [0.4, 0.5) is 0 Å². The molecule has 0 radical (unpaired) electrons. The first-order valence-electron chi connectivity index (χ1n) is 13.0. The topological polar surface area (TPSA) is 98.6 Å². The van der Waals surface area contributed by atoms with Crippen molar-refractivity contribution in [2.24, 2.45) is 0 Å². The van der Waals surface area contributed by atoms with Gasteiger partial charge in [-0.2, -0.15) is 0 Å². The highest BCUT2D eigenvalue weighted by Crippen LogP contribution is 2.27. The number of hydrogen-bond donors (Lipinski definition) is 2. The normalized spacial score (nSPS) is 14.6. The highest BCUT2D eigenvalue weighted by molar-refractivity contribution is 6.34. The van der Waals surface area contributed by atoms with Crippen molar-refractivity contribution < 1.29 is 14.3 Å². The zero-order chi connectivity index (χ0) is 27.9. The maximum absolute atomic E-state index is 13.5. The number of ether oxygens (including phenoxy) is 1. The van der Waals surface area contributed by atoms with E-state index in [1.165, 1.54) is 15.4 Å². The molecule has 0 aliphatic carbocycles. The number of carbonyl (C=O) groups is 2. The van der Waals surface area contributed by atoms with Gasteiger partial charge in [0.2, 0.25) is 5.91 Å². The van der Waals surface area contributed by atoms with Gasteiger partial charge in [0.1, 0.15) is 24.6 Å². The molecular formula is C31H35N5O3. The molecule has 0 saturated carbocycles. The second kappa shape index (κ2) is 12.4. The van der Waals surface area contributed by atoms with E-state index in [0.717, 1.165) is 5.56 Å². The van der Waals surface area contributed by atoms with Crippen molar-refractivity contribution in [1.29, 1.82) is 5.41 Å². The first kappa shape index (κ1) is 27.6. The van der Waals surface area contributed by atoms with E-state index in [1.54, 1.807) is 38.6 Å². The third-order valence-corrected chi connectivity index (χ3v) is 6.67. The molecule has 8 heteroatoms. The summed E-state index contributed by atoms with van der Waals surface area (Å²) in [4.78, 5) is 32.9. The molecule has 0 spiro atoms. The SMILES string of the molecule is CC(C)c1ccc(COc2ccc(/C(C(=N)c3ccncc3)=C3/NCCN(CC(=O)N(C)C)C3=O)cc2)cc1. The number of rotatable bonds is 9. The molecule has 2 N–H and O–H groups in total. The number of piperazine rings is 1. The summed E-state index contributed by atoms with van der Waals surface area (Å²) >= 11 is 0. The van der Waals surface area contributed by atoms with Crippen LogP contribution in [-0.2, 0) is 16.2 Å². The van der Waals surface area contributed by atoms with Gasteiger partial charge in [-0.3, -0.25) is 20.0 Å². The fourth-order valence-corrected chi connectivity index (χ4v) is 4.26. The van der Waals surface area contributed by atoms with Crippen LogP contribution in [0.2, 0.25) is 0 Å². The maximum Gasteiger partial charge on any atom is 0.271 e. The summed E-state index contributed by atoms with van der Waals surface area (Å²) in [5, 5.41) is 12.2. The Labute approximate surface area is 229 Å². The molecular weight excluding hydrogens is 490 g/mol. The Morgan fingerprint density at radius 3 is 2.31 bits per heavy atom. The second-order valence-corrected chi connectivity index (χ2v) is 10.0. The molecule has 39 heavy (non-hydrogen) atoms. The molecule has 4 rings (SSSR count). The van der Waals surface area contributed by atoms with Crippen molar-refractivity contribution in [3.8, 4) is 5.75 Å². The molecule has 1 fully saturated rings. The largest absolute Gasteiger partial charge is 0.489 e. The summed E-state index contributed by atoms with van der Waals surface area (Å²) in [5.41, 5.74) is 4.65. The van der Waals surface area contributed by atoms with Crippen molar-refractivity contribution in [1.82, 2.24) is 20.1 Å². The van der Waals surface area contributed by atoms with Crippen LogP contribution in [0.3, 0.4) is 0 Å². The van der Waals surface area contributed by atoms with Gasteiger partial charge in [0.15, 0.2) is 0 Å². The van der Waals surface area contributed by atoms with E-state index in [2.05, 4.69) is 48.4 Å². The molecule has 202 valence electrons. The first-order valence-corrected chi connectivity index (χ1v) is 13.0. The van der Waals surface area contributed by atoms with Crippen molar-refractivity contribution in [3.63, 3.8) is 0 Å². The van der Waals surface area contributed by atoms with Gasteiger partial charge in [0.25, 0.3) is 5.91 Å². The number of carbonyl (C=O) groups excluding carboxylic acids is 2. The van der Waals surface area contributed by atoms with Crippen LogP contribution in [-0.4, -0.2) is 66.0 Å². The van der Waals surface area contributed by atoms with Crippen LogP contribution < -0.4 is 10.1 Å². The molecule has 1 aliphatic heterocycles. The highest BCUT2D eigenvalue weighted by atomic mass is 16.5. The fourth-order valence-electron chi connectivity index (χ4n) is 4.26. The average Bonchev–Trinajstić information content (AvgIpc) is 2.95. The van der Waals surface area contributed by atoms with E-state index in [9.17, 15) is 9.59 Å². The summed E-state index contributed by atoms with van der Waals surface area (Å²) < 4.78 is 6.01. The molecule has 1 aromatic heterocycles. The Morgan fingerprint density at radius 1 is 1.03 bits per heavy atom. The summed E-state index contributed by atoms with van der Waals surface area (Å²) in [6.45, 7) is 5.64. The number of nitrogens with one attached hydrogen (secondary N) is 2. The standard InChI is InChI=1S/C31H35N5O3/c1-21(2)23-7-5-22(6-8-23)20-39-26-11-9-24(10-12-26)28(29(32)25-13-15-33-16-14-25)30-31(38)36(18-17-34-30)19-27(37)35(3)4/h5-16,21,32,34H,17-20H2,1-4H3/b30-28-,32-29?. The predicted octanol–water partition coefficient (Wildman–Crippen LogP) is 4.08. The third-order valence-electron chi connectivity index (χ3n) is 6.67. The monoisotopic (exact) mass is 525 g/mol. The van der Waals surface area contributed by atoms with Crippen molar-refractivity contribution in [3.05, 3.63) is 101 Å². The highest BCUT2D eigenvalue weighted by Gasteiger charge is 2.30. The van der Waals surface area contributed by atoms with Gasteiger partial charge in [-0.05, 0) is 46.9 Å². The Bertz CT molecular complexity index is 1350. The molecule has 8 nitrogen and oxygen atoms in total. The van der Waals surface area contributed by atoms with Crippen LogP contribution in [0, 0.1) is 5.41 Å². The molecule has 0 atom stereocenters. The van der Waals surface area contributed by atoms with Gasteiger partial charge < -0.3 is 19.9 Å². The number of aromatic nitrogens is 1. The quantitative estimate of drug-likeness (QED) is 0.324. The number of nitrogens with zero attached hydrogens (tertiary/aromatic N) is 3. The van der Waals surface area contributed by atoms with E-state index >= 15 is 0 Å². The zero-order valence-electron chi connectivity index (χ0n) is 22.9. The second-order valence-electron chi connectivity index (χ2n) is 10.0. The minimum absolute atomic E-state index is 0.0161. The van der Waals surface area contributed by atoms with E-state index in [1.807, 2.05) is 24.3 Å². The fraction of sp³-hybridized carbons (Fsp3) is 0.290. The summed E-state index contributed by atoms with van der Waals surface area (Å²) in [6.07, 6.45) is 3.24. The van der Waals surface area contributed by atoms with Crippen molar-refractivity contribution in [2.45, 2.75) is 26.4 Å². The molecule has 1 saturated heterocycles. The number of likely N-dealkylation sites (N-methyl/N-ethyl adjacent to an activating group) is 1. The number of pyridine rings is 1. The molecule has 3 aromatic rings. The van der Waals surface area contributed by atoms with E-state index in [4.69, 9.17) is 10.1 Å². The number of benzene rings is 2. The molecule has 2 heterocycles. The lowest BCUT2D eigenvalue weighted by molar-refractivity contribution is -0.137. The maximum atomic E-state index is 13.5. The minimum Gasteiger partial charge on any atom is -0.489 e. The molecule has 0 bridgehead atoms. The van der Waals surface area contributed by atoms with Crippen LogP contribution >= 0.6 is 0 Å². The van der Waals surface area contributed by atoms with Gasteiger partial charge >= 0.3 is 0 Å². The molecule has 2 aromatic carbocycles. The lowest BCUT2D eigenvalue weighted by Gasteiger charge is -2.31. The minimum atomic E-state index is -0.310. The molecule has 0 unspecified atom stereocenters.